The van der Waals surface area contributed by atoms with Crippen LogP contribution in [0.1, 0.15) is 79.8 Å². The van der Waals surface area contributed by atoms with Gasteiger partial charge in [-0.1, -0.05) is 0 Å². The summed E-state index contributed by atoms with van der Waals surface area (Å²) in [6, 6.07) is 1.86. The van der Waals surface area contributed by atoms with E-state index in [9.17, 15) is 34.5 Å². The van der Waals surface area contributed by atoms with E-state index in [-0.39, 0.29) is 66.6 Å². The maximum absolute atomic E-state index is 13.4. The van der Waals surface area contributed by atoms with Crippen molar-refractivity contribution in [2.75, 3.05) is 45.8 Å². The second kappa shape index (κ2) is 15.8. The van der Waals surface area contributed by atoms with Crippen molar-refractivity contribution in [3.8, 4) is 5.75 Å². The SMILES string of the molecule is CNCCCCC(=O)CCc1cc(N(C)C)c2c(c1O)C(=O)CC(CC(CCO)C(CO)C(=O)CC(C)=O)C2. The second-order valence-corrected chi connectivity index (χ2v) is 11.1. The van der Waals surface area contributed by atoms with Crippen LogP contribution in [0.2, 0.25) is 0 Å². The van der Waals surface area contributed by atoms with Gasteiger partial charge in [0.15, 0.2) is 5.78 Å². The molecule has 3 atom stereocenters. The van der Waals surface area contributed by atoms with E-state index < -0.39 is 12.5 Å². The third-order valence-electron chi connectivity index (χ3n) is 7.73. The molecule has 1 aromatic rings. The molecule has 218 valence electrons. The first kappa shape index (κ1) is 32.6. The molecule has 0 saturated heterocycles. The molecular weight excluding hydrogens is 500 g/mol. The third-order valence-corrected chi connectivity index (χ3v) is 7.73. The number of carbonyl (C=O) groups excluding carboxylic acids is 4. The zero-order valence-electron chi connectivity index (χ0n) is 23.9. The zero-order valence-corrected chi connectivity index (χ0v) is 23.9. The molecule has 0 fully saturated rings. The number of aryl methyl sites for hydroxylation is 1. The van der Waals surface area contributed by atoms with Crippen LogP contribution in [0, 0.1) is 17.8 Å². The maximum Gasteiger partial charge on any atom is 0.167 e. The quantitative estimate of drug-likeness (QED) is 0.161. The zero-order chi connectivity index (χ0) is 29.1. The van der Waals surface area contributed by atoms with Gasteiger partial charge in [-0.15, -0.1) is 0 Å². The number of Topliss-reactive ketones (excluding diaryl/α,β-unsaturated/α-hetero) is 4. The highest BCUT2D eigenvalue weighted by Gasteiger charge is 2.36. The van der Waals surface area contributed by atoms with Crippen molar-refractivity contribution in [2.45, 2.75) is 71.1 Å². The van der Waals surface area contributed by atoms with E-state index in [0.29, 0.717) is 43.2 Å². The molecular formula is C30H46N2O7. The first-order valence-corrected chi connectivity index (χ1v) is 14.0. The van der Waals surface area contributed by atoms with Crippen LogP contribution in [0.4, 0.5) is 5.69 Å². The van der Waals surface area contributed by atoms with Crippen LogP contribution in [0.5, 0.6) is 5.75 Å². The summed E-state index contributed by atoms with van der Waals surface area (Å²) in [5.41, 5.74) is 2.43. The highest BCUT2D eigenvalue weighted by Crippen LogP contribution is 2.42. The predicted molar refractivity (Wildman–Crippen MR) is 150 cm³/mol. The number of benzene rings is 1. The molecule has 2 rings (SSSR count). The molecule has 0 heterocycles. The van der Waals surface area contributed by atoms with E-state index in [1.807, 2.05) is 32.1 Å². The first-order chi connectivity index (χ1) is 18.5. The van der Waals surface area contributed by atoms with Crippen LogP contribution in [-0.2, 0) is 27.2 Å². The summed E-state index contributed by atoms with van der Waals surface area (Å²) in [7, 11) is 5.62. The Morgan fingerprint density at radius 2 is 1.85 bits per heavy atom. The van der Waals surface area contributed by atoms with E-state index in [2.05, 4.69) is 5.32 Å². The number of carbonyl (C=O) groups is 4. The van der Waals surface area contributed by atoms with E-state index in [0.717, 1.165) is 30.6 Å². The van der Waals surface area contributed by atoms with Crippen LogP contribution >= 0.6 is 0 Å². The van der Waals surface area contributed by atoms with Crippen LogP contribution in [-0.4, -0.2) is 79.4 Å². The van der Waals surface area contributed by atoms with Crippen molar-refractivity contribution in [1.82, 2.24) is 5.32 Å². The number of ketones is 4. The minimum atomic E-state index is -0.780. The molecule has 39 heavy (non-hydrogen) atoms. The summed E-state index contributed by atoms with van der Waals surface area (Å²) >= 11 is 0. The third kappa shape index (κ3) is 9.22. The molecule has 0 bridgehead atoms. The number of hydrogen-bond donors (Lipinski definition) is 4. The highest BCUT2D eigenvalue weighted by molar-refractivity contribution is 6.03. The van der Waals surface area contributed by atoms with Gasteiger partial charge in [0.2, 0.25) is 0 Å². The molecule has 1 aliphatic carbocycles. The number of aliphatic hydroxyl groups excluding tert-OH is 2. The van der Waals surface area contributed by atoms with Crippen molar-refractivity contribution in [2.24, 2.45) is 17.8 Å². The van der Waals surface area contributed by atoms with E-state index >= 15 is 0 Å². The number of nitrogens with one attached hydrogen (secondary N) is 1. The van der Waals surface area contributed by atoms with Gasteiger partial charge in [0.1, 0.15) is 23.1 Å². The highest BCUT2D eigenvalue weighted by atomic mass is 16.3. The fourth-order valence-corrected chi connectivity index (χ4v) is 5.73. The Labute approximate surface area is 232 Å². The van der Waals surface area contributed by atoms with Crippen molar-refractivity contribution in [3.05, 3.63) is 22.8 Å². The normalized spacial score (nSPS) is 16.5. The number of anilines is 1. The van der Waals surface area contributed by atoms with Gasteiger partial charge in [-0.2, -0.15) is 0 Å². The Morgan fingerprint density at radius 3 is 2.44 bits per heavy atom. The summed E-state index contributed by atoms with van der Waals surface area (Å²) in [6.45, 7) is 1.60. The van der Waals surface area contributed by atoms with Gasteiger partial charge in [0.25, 0.3) is 0 Å². The summed E-state index contributed by atoms with van der Waals surface area (Å²) in [4.78, 5) is 51.8. The van der Waals surface area contributed by atoms with Crippen molar-refractivity contribution >= 4 is 28.8 Å². The van der Waals surface area contributed by atoms with Gasteiger partial charge >= 0.3 is 0 Å². The number of nitrogens with zero attached hydrogens (tertiary/aromatic N) is 1. The summed E-state index contributed by atoms with van der Waals surface area (Å²) in [6.07, 6.45) is 4.00. The molecule has 1 aliphatic rings. The van der Waals surface area contributed by atoms with Gasteiger partial charge in [-0.25, -0.2) is 0 Å². The molecule has 9 heteroatoms. The molecule has 4 N–H and O–H groups in total. The lowest BCUT2D eigenvalue weighted by Gasteiger charge is -2.33. The minimum Gasteiger partial charge on any atom is -0.507 e. The number of fused-ring (bicyclic) bond motifs is 1. The summed E-state index contributed by atoms with van der Waals surface area (Å²) < 4.78 is 0. The lowest BCUT2D eigenvalue weighted by atomic mass is 9.73. The second-order valence-electron chi connectivity index (χ2n) is 11.1. The monoisotopic (exact) mass is 546 g/mol. The number of aromatic hydroxyl groups is 1. The predicted octanol–water partition coefficient (Wildman–Crippen LogP) is 2.64. The number of rotatable bonds is 18. The van der Waals surface area contributed by atoms with Gasteiger partial charge in [-0.3, -0.25) is 19.2 Å². The number of aliphatic hydroxyl groups is 2. The number of phenols is 1. The van der Waals surface area contributed by atoms with Crippen molar-refractivity contribution in [1.29, 1.82) is 0 Å². The molecule has 0 amide bonds. The Hall–Kier alpha value is -2.62. The topological polar surface area (TPSA) is 144 Å². The number of phenolic OH excluding ortho intramolecular Hbond substituents is 1. The summed E-state index contributed by atoms with van der Waals surface area (Å²) in [5, 5.41) is 33.7. The van der Waals surface area contributed by atoms with Crippen LogP contribution < -0.4 is 10.2 Å². The molecule has 0 aliphatic heterocycles. The van der Waals surface area contributed by atoms with Gasteiger partial charge < -0.3 is 25.5 Å². The van der Waals surface area contributed by atoms with E-state index in [4.69, 9.17) is 0 Å². The average molecular weight is 547 g/mol. The lowest BCUT2D eigenvalue weighted by Crippen LogP contribution is -2.33. The first-order valence-electron chi connectivity index (χ1n) is 14.0. The van der Waals surface area contributed by atoms with Crippen molar-refractivity contribution in [3.63, 3.8) is 0 Å². The fourth-order valence-electron chi connectivity index (χ4n) is 5.73. The van der Waals surface area contributed by atoms with Crippen molar-refractivity contribution < 1.29 is 34.5 Å². The lowest BCUT2D eigenvalue weighted by molar-refractivity contribution is -0.131. The molecule has 0 aromatic heterocycles. The Bertz CT molecular complexity index is 1020. The standard InChI is InChI=1S/C30H46N2O7/c1-19(35)13-27(37)25(18-34)21(10-12-33)14-20-15-24-26(32(3)4)17-22(30(39)29(24)28(38)16-20)8-9-23(36)7-5-6-11-31-2/h17,20-21,25,31,33-34,39H,5-16,18H2,1-4H3. The Balaban J connectivity index is 2.26. The van der Waals surface area contributed by atoms with Crippen LogP contribution in [0.15, 0.2) is 6.07 Å². The van der Waals surface area contributed by atoms with Crippen LogP contribution in [0.3, 0.4) is 0 Å². The average Bonchev–Trinajstić information content (AvgIpc) is 2.86. The molecule has 3 unspecified atom stereocenters. The van der Waals surface area contributed by atoms with Crippen LogP contribution in [0.25, 0.3) is 0 Å². The van der Waals surface area contributed by atoms with E-state index in [1.54, 1.807) is 0 Å². The van der Waals surface area contributed by atoms with Gasteiger partial charge in [-0.05, 0) is 88.1 Å². The molecule has 9 nitrogen and oxygen atoms in total. The Morgan fingerprint density at radius 1 is 1.13 bits per heavy atom. The fraction of sp³-hybridized carbons (Fsp3) is 0.667. The Kier molecular flexibility index (Phi) is 13.2. The molecule has 0 saturated carbocycles. The maximum atomic E-state index is 13.4. The van der Waals surface area contributed by atoms with E-state index in [1.165, 1.54) is 6.92 Å². The smallest absolute Gasteiger partial charge is 0.167 e. The molecule has 1 aromatic carbocycles. The van der Waals surface area contributed by atoms with Gasteiger partial charge in [0.05, 0.1) is 18.6 Å². The van der Waals surface area contributed by atoms with Gasteiger partial charge in [0, 0.05) is 51.6 Å². The summed E-state index contributed by atoms with van der Waals surface area (Å²) in [5.74, 6) is -2.05. The molecule has 0 radical (unpaired) electrons. The molecule has 0 spiro atoms. The number of hydrogen-bond acceptors (Lipinski definition) is 9. The number of unbranched alkanes of at least 4 members (excludes halogenated alkanes) is 1. The minimum absolute atomic E-state index is 0.0567. The largest absolute Gasteiger partial charge is 0.507 e.